The molecule has 3 aliphatic rings. The molecular formula is C16H23N5O2. The zero-order valence-corrected chi connectivity index (χ0v) is 13.5. The van der Waals surface area contributed by atoms with Crippen LogP contribution in [-0.2, 0) is 22.6 Å². The molecule has 0 bridgehead atoms. The highest BCUT2D eigenvalue weighted by molar-refractivity contribution is 5.89. The predicted octanol–water partition coefficient (Wildman–Crippen LogP) is 0.660. The Morgan fingerprint density at radius 2 is 2.22 bits per heavy atom. The van der Waals surface area contributed by atoms with Crippen LogP contribution >= 0.6 is 0 Å². The Kier molecular flexibility index (Phi) is 3.58. The maximum atomic E-state index is 12.5. The second kappa shape index (κ2) is 5.62. The van der Waals surface area contributed by atoms with Crippen LogP contribution in [0.3, 0.4) is 0 Å². The highest BCUT2D eigenvalue weighted by atomic mass is 16.2. The van der Waals surface area contributed by atoms with Crippen LogP contribution in [0.15, 0.2) is 0 Å². The van der Waals surface area contributed by atoms with Crippen LogP contribution in [-0.4, -0.2) is 44.6 Å². The summed E-state index contributed by atoms with van der Waals surface area (Å²) in [7, 11) is 0. The first-order valence-corrected chi connectivity index (χ1v) is 8.62. The summed E-state index contributed by atoms with van der Waals surface area (Å²) < 4.78 is 2.10. The van der Waals surface area contributed by atoms with Crippen LogP contribution < -0.4 is 5.32 Å². The zero-order valence-electron chi connectivity index (χ0n) is 13.5. The molecule has 1 N–H and O–H groups in total. The Balaban J connectivity index is 1.36. The SMILES string of the molecule is C[C@@H](NC(=O)[C@@H]1CC(=O)N(CC2CC2)C1)c1nnc2n1CCC2. The standard InChI is InChI=1S/C16H23N5O2/c1-10(15-19-18-13-3-2-6-21(13)15)17-16(23)12-7-14(22)20(9-12)8-11-4-5-11/h10-12H,2-9H2,1H3,(H,17,23)/t10-,12-/m1/s1. The number of hydrogen-bond acceptors (Lipinski definition) is 4. The molecule has 124 valence electrons. The van der Waals surface area contributed by atoms with Crippen LogP contribution in [0.4, 0.5) is 0 Å². The van der Waals surface area contributed by atoms with E-state index in [4.69, 9.17) is 0 Å². The topological polar surface area (TPSA) is 80.1 Å². The van der Waals surface area contributed by atoms with Crippen LogP contribution in [0.5, 0.6) is 0 Å². The number of hydrogen-bond donors (Lipinski definition) is 1. The van der Waals surface area contributed by atoms with Gasteiger partial charge in [-0.05, 0) is 32.1 Å². The van der Waals surface area contributed by atoms with Gasteiger partial charge in [0.2, 0.25) is 11.8 Å². The molecule has 0 radical (unpaired) electrons. The van der Waals surface area contributed by atoms with E-state index in [-0.39, 0.29) is 23.8 Å². The molecule has 2 atom stereocenters. The van der Waals surface area contributed by atoms with Crippen molar-refractivity contribution in [3.05, 3.63) is 11.6 Å². The van der Waals surface area contributed by atoms with Gasteiger partial charge in [0.1, 0.15) is 5.82 Å². The van der Waals surface area contributed by atoms with Gasteiger partial charge in [-0.15, -0.1) is 10.2 Å². The fourth-order valence-electron chi connectivity index (χ4n) is 3.63. The fourth-order valence-corrected chi connectivity index (χ4v) is 3.63. The molecule has 1 aromatic rings. The van der Waals surface area contributed by atoms with Crippen molar-refractivity contribution in [2.45, 2.75) is 51.6 Å². The summed E-state index contributed by atoms with van der Waals surface area (Å²) in [6, 6.07) is -0.172. The van der Waals surface area contributed by atoms with Crippen molar-refractivity contribution in [1.29, 1.82) is 0 Å². The summed E-state index contributed by atoms with van der Waals surface area (Å²) in [5.41, 5.74) is 0. The fraction of sp³-hybridized carbons (Fsp3) is 0.750. The van der Waals surface area contributed by atoms with E-state index < -0.39 is 0 Å². The monoisotopic (exact) mass is 317 g/mol. The van der Waals surface area contributed by atoms with E-state index in [1.54, 1.807) is 0 Å². The second-order valence-electron chi connectivity index (χ2n) is 7.10. The summed E-state index contributed by atoms with van der Waals surface area (Å²) in [6.07, 6.45) is 4.82. The minimum absolute atomic E-state index is 0.0421. The van der Waals surface area contributed by atoms with Gasteiger partial charge in [0, 0.05) is 32.5 Å². The number of likely N-dealkylation sites (tertiary alicyclic amines) is 1. The largest absolute Gasteiger partial charge is 0.346 e. The van der Waals surface area contributed by atoms with E-state index in [9.17, 15) is 9.59 Å². The van der Waals surface area contributed by atoms with Crippen molar-refractivity contribution in [1.82, 2.24) is 25.0 Å². The number of aromatic nitrogens is 3. The Bertz CT molecular complexity index is 636. The number of rotatable bonds is 5. The van der Waals surface area contributed by atoms with Crippen molar-refractivity contribution in [2.24, 2.45) is 11.8 Å². The van der Waals surface area contributed by atoms with Crippen molar-refractivity contribution < 1.29 is 9.59 Å². The molecule has 1 aliphatic carbocycles. The summed E-state index contributed by atoms with van der Waals surface area (Å²) in [5, 5.41) is 11.4. The first-order chi connectivity index (χ1) is 11.1. The van der Waals surface area contributed by atoms with Crippen molar-refractivity contribution in [2.75, 3.05) is 13.1 Å². The van der Waals surface area contributed by atoms with Crippen molar-refractivity contribution in [3.63, 3.8) is 0 Å². The summed E-state index contributed by atoms with van der Waals surface area (Å²) >= 11 is 0. The van der Waals surface area contributed by atoms with E-state index in [2.05, 4.69) is 20.1 Å². The molecule has 2 amide bonds. The van der Waals surface area contributed by atoms with Crippen LogP contribution in [0.2, 0.25) is 0 Å². The van der Waals surface area contributed by atoms with Crippen LogP contribution in [0.1, 0.15) is 50.3 Å². The molecular weight excluding hydrogens is 294 g/mol. The third-order valence-corrected chi connectivity index (χ3v) is 5.14. The second-order valence-corrected chi connectivity index (χ2v) is 7.10. The quantitative estimate of drug-likeness (QED) is 0.865. The molecule has 1 saturated carbocycles. The molecule has 0 spiro atoms. The molecule has 7 nitrogen and oxygen atoms in total. The third-order valence-electron chi connectivity index (χ3n) is 5.14. The Labute approximate surface area is 135 Å². The van der Waals surface area contributed by atoms with Gasteiger partial charge < -0.3 is 14.8 Å². The van der Waals surface area contributed by atoms with E-state index >= 15 is 0 Å². The van der Waals surface area contributed by atoms with Gasteiger partial charge in [-0.25, -0.2) is 0 Å². The zero-order chi connectivity index (χ0) is 16.0. The molecule has 23 heavy (non-hydrogen) atoms. The van der Waals surface area contributed by atoms with Crippen molar-refractivity contribution in [3.8, 4) is 0 Å². The lowest BCUT2D eigenvalue weighted by Gasteiger charge is -2.18. The highest BCUT2D eigenvalue weighted by Gasteiger charge is 2.37. The minimum Gasteiger partial charge on any atom is -0.346 e. The first kappa shape index (κ1) is 14.7. The molecule has 0 unspecified atom stereocenters. The van der Waals surface area contributed by atoms with Gasteiger partial charge >= 0.3 is 0 Å². The molecule has 4 rings (SSSR count). The number of nitrogens with one attached hydrogen (secondary N) is 1. The lowest BCUT2D eigenvalue weighted by atomic mass is 10.1. The molecule has 0 aromatic carbocycles. The number of nitrogens with zero attached hydrogens (tertiary/aromatic N) is 4. The molecule has 3 heterocycles. The third kappa shape index (κ3) is 2.84. The van der Waals surface area contributed by atoms with Gasteiger partial charge in [0.15, 0.2) is 5.82 Å². The van der Waals surface area contributed by atoms with E-state index in [0.29, 0.717) is 18.9 Å². The number of amides is 2. The molecule has 2 fully saturated rings. The Morgan fingerprint density at radius 3 is 3.00 bits per heavy atom. The van der Waals surface area contributed by atoms with E-state index in [1.807, 2.05) is 11.8 Å². The maximum absolute atomic E-state index is 12.5. The first-order valence-electron chi connectivity index (χ1n) is 8.62. The van der Waals surface area contributed by atoms with E-state index in [1.165, 1.54) is 12.8 Å². The minimum atomic E-state index is -0.232. The normalized spacial score (nSPS) is 24.8. The predicted molar refractivity (Wildman–Crippen MR) is 82.3 cm³/mol. The average Bonchev–Trinajstić information content (AvgIpc) is 2.91. The lowest BCUT2D eigenvalue weighted by Crippen LogP contribution is -2.35. The van der Waals surface area contributed by atoms with Crippen LogP contribution in [0.25, 0.3) is 0 Å². The number of carbonyl (C=O) groups is 2. The van der Waals surface area contributed by atoms with Crippen LogP contribution in [0, 0.1) is 11.8 Å². The lowest BCUT2D eigenvalue weighted by molar-refractivity contribution is -0.129. The number of carbonyl (C=O) groups excluding carboxylic acids is 2. The highest BCUT2D eigenvalue weighted by Crippen LogP contribution is 2.32. The van der Waals surface area contributed by atoms with Gasteiger partial charge in [-0.2, -0.15) is 0 Å². The summed E-state index contributed by atoms with van der Waals surface area (Å²) in [6.45, 7) is 4.25. The summed E-state index contributed by atoms with van der Waals surface area (Å²) in [4.78, 5) is 26.4. The van der Waals surface area contributed by atoms with Gasteiger partial charge in [-0.1, -0.05) is 0 Å². The Hall–Kier alpha value is -1.92. The smallest absolute Gasteiger partial charge is 0.226 e. The molecule has 1 aromatic heterocycles. The molecule has 2 aliphatic heterocycles. The summed E-state index contributed by atoms with van der Waals surface area (Å²) in [5.74, 6) is 2.34. The Morgan fingerprint density at radius 1 is 1.39 bits per heavy atom. The van der Waals surface area contributed by atoms with Gasteiger partial charge in [0.05, 0.1) is 12.0 Å². The van der Waals surface area contributed by atoms with Gasteiger partial charge in [0.25, 0.3) is 0 Å². The van der Waals surface area contributed by atoms with E-state index in [0.717, 1.165) is 37.6 Å². The van der Waals surface area contributed by atoms with Gasteiger partial charge in [-0.3, -0.25) is 9.59 Å². The number of aryl methyl sites for hydroxylation is 1. The molecule has 1 saturated heterocycles. The average molecular weight is 317 g/mol. The maximum Gasteiger partial charge on any atom is 0.226 e. The van der Waals surface area contributed by atoms with Crippen molar-refractivity contribution >= 4 is 11.8 Å². The number of fused-ring (bicyclic) bond motifs is 1. The molecule has 7 heteroatoms.